The van der Waals surface area contributed by atoms with Gasteiger partial charge >= 0.3 is 0 Å². The normalized spacial score (nSPS) is 15.3. The highest BCUT2D eigenvalue weighted by Gasteiger charge is 2.24. The number of rotatable bonds is 8. The van der Waals surface area contributed by atoms with Gasteiger partial charge in [0.05, 0.1) is 28.8 Å². The average Bonchev–Trinajstić information content (AvgIpc) is 3.18. The van der Waals surface area contributed by atoms with E-state index in [1.807, 2.05) is 43.3 Å². The predicted octanol–water partition coefficient (Wildman–Crippen LogP) is 7.63. The molecule has 1 aliphatic rings. The summed E-state index contributed by atoms with van der Waals surface area (Å²) in [6, 6.07) is 16.2. The van der Waals surface area contributed by atoms with Crippen molar-refractivity contribution in [1.29, 1.82) is 0 Å². The molecule has 0 spiro atoms. The second-order valence-electron chi connectivity index (χ2n) is 7.47. The molecule has 0 radical (unpaired) electrons. The summed E-state index contributed by atoms with van der Waals surface area (Å²) in [6.45, 7) is 2.76. The first-order valence-corrected chi connectivity index (χ1v) is 13.2. The van der Waals surface area contributed by atoms with Crippen LogP contribution in [0.1, 0.15) is 18.1 Å². The molecule has 1 heterocycles. The van der Waals surface area contributed by atoms with Crippen molar-refractivity contribution in [3.05, 3.63) is 85.1 Å². The fraction of sp³-hybridized carbons (Fsp3) is 0.154. The summed E-state index contributed by atoms with van der Waals surface area (Å²) in [5.74, 6) is 1.57. The van der Waals surface area contributed by atoms with Crippen LogP contribution in [0.25, 0.3) is 6.08 Å². The van der Waals surface area contributed by atoms with Gasteiger partial charge in [-0.2, -0.15) is 0 Å². The molecule has 0 aromatic heterocycles. The van der Waals surface area contributed by atoms with Gasteiger partial charge in [0.1, 0.15) is 12.4 Å². The molecule has 36 heavy (non-hydrogen) atoms. The molecule has 1 N–H and O–H groups in total. The maximum absolute atomic E-state index is 12.5. The molecule has 0 atom stereocenters. The van der Waals surface area contributed by atoms with Crippen LogP contribution >= 0.6 is 50.9 Å². The number of nitrogens with zero attached hydrogens (tertiary/aromatic N) is 1. The van der Waals surface area contributed by atoms with Crippen LogP contribution in [0.15, 0.2) is 69.0 Å². The summed E-state index contributed by atoms with van der Waals surface area (Å²) in [5, 5.41) is 4.38. The Hall–Kier alpha value is -2.65. The highest BCUT2D eigenvalue weighted by Crippen LogP contribution is 2.39. The molecule has 1 saturated heterocycles. The third kappa shape index (κ3) is 6.56. The fourth-order valence-electron chi connectivity index (χ4n) is 3.28. The highest BCUT2D eigenvalue weighted by atomic mass is 79.9. The van der Waals surface area contributed by atoms with Gasteiger partial charge in [-0.05, 0) is 94.8 Å². The minimum Gasteiger partial charge on any atom is -0.494 e. The Morgan fingerprint density at radius 3 is 2.56 bits per heavy atom. The Morgan fingerprint density at radius 1 is 1.08 bits per heavy atom. The summed E-state index contributed by atoms with van der Waals surface area (Å²) in [4.78, 5) is 17.6. The van der Waals surface area contributed by atoms with Crippen LogP contribution < -0.4 is 19.5 Å². The molecule has 3 aromatic carbocycles. The Bertz CT molecular complexity index is 1350. The number of benzene rings is 3. The largest absolute Gasteiger partial charge is 0.494 e. The Labute approximate surface area is 231 Å². The quantitative estimate of drug-likeness (QED) is 0.267. The summed E-state index contributed by atoms with van der Waals surface area (Å²) in [5.41, 5.74) is 2.27. The van der Waals surface area contributed by atoms with Crippen molar-refractivity contribution in [3.8, 4) is 17.2 Å². The summed E-state index contributed by atoms with van der Waals surface area (Å²) in [6.07, 6.45) is 1.77. The number of methoxy groups -OCH3 is 1. The highest BCUT2D eigenvalue weighted by molar-refractivity contribution is 9.10. The zero-order chi connectivity index (χ0) is 25.7. The van der Waals surface area contributed by atoms with E-state index in [1.54, 1.807) is 31.4 Å². The zero-order valence-electron chi connectivity index (χ0n) is 19.3. The number of nitrogens with one attached hydrogen (secondary N) is 1. The monoisotopic (exact) mass is 606 g/mol. The second kappa shape index (κ2) is 12.1. The Kier molecular flexibility index (Phi) is 8.85. The number of ether oxygens (including phenoxy) is 3. The van der Waals surface area contributed by atoms with Gasteiger partial charge in [0, 0.05) is 15.6 Å². The molecule has 10 heteroatoms. The lowest BCUT2D eigenvalue weighted by Gasteiger charge is -2.14. The molecule has 3 aromatic rings. The molecule has 1 fully saturated rings. The van der Waals surface area contributed by atoms with Crippen molar-refractivity contribution in [2.45, 2.75) is 13.5 Å². The molecule has 0 bridgehead atoms. The molecule has 1 aliphatic heterocycles. The standard InChI is InChI=1S/C26H21BrCl2N2O4S/c1-3-34-19-8-6-18(7-9-19)30-26-31-25(32)23(36-26)12-15-10-20(27)24(22(11-15)33-2)35-14-16-4-5-17(28)13-21(16)29/h4-13H,3,14H2,1-2H3,(H,30,31,32). The van der Waals surface area contributed by atoms with Crippen LogP contribution in [-0.2, 0) is 11.4 Å². The van der Waals surface area contributed by atoms with E-state index in [9.17, 15) is 4.79 Å². The smallest absolute Gasteiger partial charge is 0.264 e. The zero-order valence-corrected chi connectivity index (χ0v) is 23.2. The third-order valence-corrected chi connectivity index (χ3v) is 7.05. The first-order chi connectivity index (χ1) is 17.4. The van der Waals surface area contributed by atoms with Crippen LogP contribution in [0.4, 0.5) is 5.69 Å². The third-order valence-electron chi connectivity index (χ3n) is 4.97. The molecule has 6 nitrogen and oxygen atoms in total. The van der Waals surface area contributed by atoms with Crippen LogP contribution in [0.3, 0.4) is 0 Å². The second-order valence-corrected chi connectivity index (χ2v) is 10.2. The SMILES string of the molecule is CCOc1ccc(N=C2NC(=O)C(=Cc3cc(Br)c(OCc4ccc(Cl)cc4Cl)c(OC)c3)S2)cc1. The van der Waals surface area contributed by atoms with Crippen molar-refractivity contribution in [2.24, 2.45) is 4.99 Å². The fourth-order valence-corrected chi connectivity index (χ4v) is 5.16. The van der Waals surface area contributed by atoms with Gasteiger partial charge < -0.3 is 19.5 Å². The van der Waals surface area contributed by atoms with E-state index in [-0.39, 0.29) is 12.5 Å². The van der Waals surface area contributed by atoms with E-state index >= 15 is 0 Å². The number of hydrogen-bond donors (Lipinski definition) is 1. The summed E-state index contributed by atoms with van der Waals surface area (Å²) < 4.78 is 17.7. The number of amides is 1. The van der Waals surface area contributed by atoms with E-state index < -0.39 is 0 Å². The maximum Gasteiger partial charge on any atom is 0.264 e. The van der Waals surface area contributed by atoms with Crippen molar-refractivity contribution in [1.82, 2.24) is 5.32 Å². The molecule has 0 saturated carbocycles. The minimum atomic E-state index is -0.225. The van der Waals surface area contributed by atoms with Crippen molar-refractivity contribution >= 4 is 73.7 Å². The van der Waals surface area contributed by atoms with E-state index in [1.165, 1.54) is 11.8 Å². The van der Waals surface area contributed by atoms with E-state index in [2.05, 4.69) is 26.2 Å². The van der Waals surface area contributed by atoms with Gasteiger partial charge in [-0.15, -0.1) is 0 Å². The lowest BCUT2D eigenvalue weighted by atomic mass is 10.2. The molecular formula is C26H21BrCl2N2O4S. The molecule has 186 valence electrons. The van der Waals surface area contributed by atoms with Crippen LogP contribution in [0.5, 0.6) is 17.2 Å². The minimum absolute atomic E-state index is 0.225. The van der Waals surface area contributed by atoms with Crippen LogP contribution in [0.2, 0.25) is 10.0 Å². The number of thioether (sulfide) groups is 1. The van der Waals surface area contributed by atoms with Crippen LogP contribution in [0, 0.1) is 0 Å². The predicted molar refractivity (Wildman–Crippen MR) is 150 cm³/mol. The van der Waals surface area contributed by atoms with Gasteiger partial charge in [0.25, 0.3) is 5.91 Å². The lowest BCUT2D eigenvalue weighted by Crippen LogP contribution is -2.19. The molecule has 1 amide bonds. The number of amidine groups is 1. The Morgan fingerprint density at radius 2 is 1.86 bits per heavy atom. The first-order valence-electron chi connectivity index (χ1n) is 10.8. The van der Waals surface area contributed by atoms with Gasteiger partial charge in [0.15, 0.2) is 16.7 Å². The summed E-state index contributed by atoms with van der Waals surface area (Å²) in [7, 11) is 1.55. The first kappa shape index (κ1) is 26.4. The number of carbonyl (C=O) groups is 1. The molecule has 0 unspecified atom stereocenters. The van der Waals surface area contributed by atoms with Crippen molar-refractivity contribution < 1.29 is 19.0 Å². The van der Waals surface area contributed by atoms with E-state index in [0.29, 0.717) is 48.4 Å². The number of aliphatic imine (C=N–C) groups is 1. The topological polar surface area (TPSA) is 69.2 Å². The van der Waals surface area contributed by atoms with Crippen molar-refractivity contribution in [2.75, 3.05) is 13.7 Å². The molecule has 4 rings (SSSR count). The number of halogens is 3. The lowest BCUT2D eigenvalue weighted by molar-refractivity contribution is -0.115. The Balaban J connectivity index is 1.50. The molecule has 0 aliphatic carbocycles. The van der Waals surface area contributed by atoms with Crippen LogP contribution in [-0.4, -0.2) is 24.8 Å². The number of carbonyl (C=O) groups excluding carboxylic acids is 1. The van der Waals surface area contributed by atoms with Gasteiger partial charge in [-0.1, -0.05) is 29.3 Å². The molecular weight excluding hydrogens is 587 g/mol. The van der Waals surface area contributed by atoms with Gasteiger partial charge in [-0.3, -0.25) is 4.79 Å². The summed E-state index contributed by atoms with van der Waals surface area (Å²) >= 11 is 17.0. The van der Waals surface area contributed by atoms with E-state index in [4.69, 9.17) is 37.4 Å². The van der Waals surface area contributed by atoms with Gasteiger partial charge in [-0.25, -0.2) is 4.99 Å². The van der Waals surface area contributed by atoms with E-state index in [0.717, 1.165) is 16.9 Å². The average molecular weight is 608 g/mol. The number of hydrogen-bond acceptors (Lipinski definition) is 6. The van der Waals surface area contributed by atoms with Gasteiger partial charge in [0.2, 0.25) is 0 Å². The van der Waals surface area contributed by atoms with Crippen molar-refractivity contribution in [3.63, 3.8) is 0 Å². The maximum atomic E-state index is 12.5.